The minimum atomic E-state index is -0.550. The highest BCUT2D eigenvalue weighted by molar-refractivity contribution is 5.83. The fraction of sp³-hybridized carbons (Fsp3) is 0.385. The molecule has 0 unspecified atom stereocenters. The van der Waals surface area contributed by atoms with Gasteiger partial charge in [0.15, 0.2) is 0 Å². The first-order valence-electron chi connectivity index (χ1n) is 10.9. The SMILES string of the molecule is CC(C)(C)OC(=O)N1CC[C@H](Cc2ccc(-c3cnc4ccccc4c3)cc2)[C@@H](O)C1. The van der Waals surface area contributed by atoms with Crippen LogP contribution in [0.15, 0.2) is 60.8 Å². The monoisotopic (exact) mass is 418 g/mol. The highest BCUT2D eigenvalue weighted by atomic mass is 16.6. The molecule has 0 saturated carbocycles. The summed E-state index contributed by atoms with van der Waals surface area (Å²) in [6, 6.07) is 18.7. The van der Waals surface area contributed by atoms with Crippen molar-refractivity contribution in [2.24, 2.45) is 5.92 Å². The minimum absolute atomic E-state index is 0.131. The van der Waals surface area contributed by atoms with E-state index in [0.29, 0.717) is 13.1 Å². The molecule has 0 spiro atoms. The third kappa shape index (κ3) is 5.23. The number of benzene rings is 2. The molecule has 1 saturated heterocycles. The van der Waals surface area contributed by atoms with Crippen LogP contribution in [-0.2, 0) is 11.2 Å². The zero-order valence-electron chi connectivity index (χ0n) is 18.4. The average molecular weight is 419 g/mol. The maximum Gasteiger partial charge on any atom is 0.410 e. The maximum absolute atomic E-state index is 12.3. The molecule has 5 heteroatoms. The largest absolute Gasteiger partial charge is 0.444 e. The Morgan fingerprint density at radius 3 is 2.58 bits per heavy atom. The summed E-state index contributed by atoms with van der Waals surface area (Å²) in [4.78, 5) is 18.4. The fourth-order valence-electron chi connectivity index (χ4n) is 4.08. The number of aromatic nitrogens is 1. The van der Waals surface area contributed by atoms with Gasteiger partial charge in [0.25, 0.3) is 0 Å². The standard InChI is InChI=1S/C26H30N2O3/c1-26(2,3)31-25(30)28-13-12-21(24(29)17-28)14-18-8-10-19(11-9-18)22-15-20-6-4-5-7-23(20)27-16-22/h4-11,15-16,21,24,29H,12-14,17H2,1-3H3/t21-,24+/m1/s1. The molecule has 2 heterocycles. The van der Waals surface area contributed by atoms with Crippen LogP contribution in [0.25, 0.3) is 22.0 Å². The molecule has 0 bridgehead atoms. The van der Waals surface area contributed by atoms with E-state index in [0.717, 1.165) is 34.9 Å². The molecule has 5 nitrogen and oxygen atoms in total. The number of carbonyl (C=O) groups excluding carboxylic acids is 1. The van der Waals surface area contributed by atoms with Crippen molar-refractivity contribution < 1.29 is 14.6 Å². The summed E-state index contributed by atoms with van der Waals surface area (Å²) < 4.78 is 5.43. The first kappa shape index (κ1) is 21.3. The molecule has 1 aliphatic rings. The second kappa shape index (κ2) is 8.67. The number of rotatable bonds is 3. The molecule has 3 aromatic rings. The summed E-state index contributed by atoms with van der Waals surface area (Å²) in [6.45, 7) is 6.49. The Labute approximate surface area is 183 Å². The van der Waals surface area contributed by atoms with Gasteiger partial charge in [-0.25, -0.2) is 4.79 Å². The smallest absolute Gasteiger partial charge is 0.410 e. The van der Waals surface area contributed by atoms with Crippen LogP contribution in [0.1, 0.15) is 32.8 Å². The van der Waals surface area contributed by atoms with Crippen molar-refractivity contribution >= 4 is 17.0 Å². The van der Waals surface area contributed by atoms with Gasteiger partial charge in [-0.05, 0) is 62.8 Å². The molecule has 162 valence electrons. The van der Waals surface area contributed by atoms with Crippen LogP contribution in [-0.4, -0.2) is 45.9 Å². The molecule has 1 aromatic heterocycles. The van der Waals surface area contributed by atoms with E-state index in [-0.39, 0.29) is 12.0 Å². The molecule has 1 amide bonds. The Hall–Kier alpha value is -2.92. The molecule has 1 fully saturated rings. The van der Waals surface area contributed by atoms with Crippen LogP contribution in [0.3, 0.4) is 0 Å². The second-order valence-corrected chi connectivity index (χ2v) is 9.36. The van der Waals surface area contributed by atoms with Gasteiger partial charge >= 0.3 is 6.09 Å². The van der Waals surface area contributed by atoms with E-state index >= 15 is 0 Å². The van der Waals surface area contributed by atoms with Gasteiger partial charge in [0.05, 0.1) is 18.2 Å². The number of aliphatic hydroxyl groups excluding tert-OH is 1. The Balaban J connectivity index is 1.38. The van der Waals surface area contributed by atoms with Crippen molar-refractivity contribution in [2.75, 3.05) is 13.1 Å². The van der Waals surface area contributed by atoms with Crippen molar-refractivity contribution in [1.82, 2.24) is 9.88 Å². The molecule has 4 rings (SSSR count). The summed E-state index contributed by atoms with van der Waals surface area (Å²) in [5.41, 5.74) is 3.88. The summed E-state index contributed by atoms with van der Waals surface area (Å²) in [5, 5.41) is 11.8. The molecule has 1 aliphatic heterocycles. The average Bonchev–Trinajstić information content (AvgIpc) is 2.74. The van der Waals surface area contributed by atoms with Gasteiger partial charge < -0.3 is 14.7 Å². The van der Waals surface area contributed by atoms with Gasteiger partial charge in [0, 0.05) is 23.7 Å². The number of fused-ring (bicyclic) bond motifs is 1. The van der Waals surface area contributed by atoms with Crippen LogP contribution in [0.4, 0.5) is 4.79 Å². The van der Waals surface area contributed by atoms with Gasteiger partial charge in [-0.15, -0.1) is 0 Å². The van der Waals surface area contributed by atoms with E-state index in [4.69, 9.17) is 4.74 Å². The van der Waals surface area contributed by atoms with Crippen LogP contribution in [0.5, 0.6) is 0 Å². The number of para-hydroxylation sites is 1. The van der Waals surface area contributed by atoms with Crippen LogP contribution >= 0.6 is 0 Å². The number of likely N-dealkylation sites (tertiary alicyclic amines) is 1. The van der Waals surface area contributed by atoms with Crippen LogP contribution < -0.4 is 0 Å². The van der Waals surface area contributed by atoms with Gasteiger partial charge in [-0.3, -0.25) is 4.98 Å². The number of aliphatic hydroxyl groups is 1. The Morgan fingerprint density at radius 1 is 1.13 bits per heavy atom. The van der Waals surface area contributed by atoms with Gasteiger partial charge in [0.2, 0.25) is 0 Å². The summed E-state index contributed by atoms with van der Waals surface area (Å²) in [7, 11) is 0. The van der Waals surface area contributed by atoms with Gasteiger partial charge in [-0.2, -0.15) is 0 Å². The number of β-amino-alcohol motifs (C(OH)–C–C–N with tert-alkyl or cyclic N) is 1. The number of piperidine rings is 1. The van der Waals surface area contributed by atoms with Crippen molar-refractivity contribution in [2.45, 2.75) is 45.3 Å². The lowest BCUT2D eigenvalue weighted by Gasteiger charge is -2.36. The van der Waals surface area contributed by atoms with E-state index < -0.39 is 11.7 Å². The van der Waals surface area contributed by atoms with Crippen molar-refractivity contribution in [1.29, 1.82) is 0 Å². The summed E-state index contributed by atoms with van der Waals surface area (Å²) in [5.74, 6) is 0.131. The molecule has 2 atom stereocenters. The molecule has 31 heavy (non-hydrogen) atoms. The third-order valence-corrected chi connectivity index (χ3v) is 5.75. The summed E-state index contributed by atoms with van der Waals surface area (Å²) in [6.07, 6.45) is 2.56. The zero-order valence-corrected chi connectivity index (χ0v) is 18.4. The molecular weight excluding hydrogens is 388 g/mol. The van der Waals surface area contributed by atoms with Crippen molar-refractivity contribution in [3.05, 3.63) is 66.4 Å². The highest BCUT2D eigenvalue weighted by Gasteiger charge is 2.32. The quantitative estimate of drug-likeness (QED) is 0.646. The Bertz CT molecular complexity index is 1060. The van der Waals surface area contributed by atoms with E-state index in [9.17, 15) is 9.90 Å². The van der Waals surface area contributed by atoms with Crippen LogP contribution in [0.2, 0.25) is 0 Å². The third-order valence-electron chi connectivity index (χ3n) is 5.75. The number of carbonyl (C=O) groups is 1. The molecule has 0 aliphatic carbocycles. The lowest BCUT2D eigenvalue weighted by atomic mass is 9.87. The van der Waals surface area contributed by atoms with Crippen molar-refractivity contribution in [3.8, 4) is 11.1 Å². The second-order valence-electron chi connectivity index (χ2n) is 9.36. The number of ether oxygens (including phenoxy) is 1. The fourth-order valence-corrected chi connectivity index (χ4v) is 4.08. The topological polar surface area (TPSA) is 62.7 Å². The van der Waals surface area contributed by atoms with E-state index in [1.54, 1.807) is 4.90 Å². The minimum Gasteiger partial charge on any atom is -0.444 e. The lowest BCUT2D eigenvalue weighted by Crippen LogP contribution is -2.48. The number of hydrogen-bond acceptors (Lipinski definition) is 4. The lowest BCUT2D eigenvalue weighted by molar-refractivity contribution is -0.0125. The van der Waals surface area contributed by atoms with E-state index in [2.05, 4.69) is 41.4 Å². The molecule has 2 aromatic carbocycles. The normalized spacial score (nSPS) is 19.4. The predicted octanol–water partition coefficient (Wildman–Crippen LogP) is 5.06. The highest BCUT2D eigenvalue weighted by Crippen LogP contribution is 2.26. The summed E-state index contributed by atoms with van der Waals surface area (Å²) >= 11 is 0. The van der Waals surface area contributed by atoms with Crippen LogP contribution in [0, 0.1) is 5.92 Å². The molecule has 0 radical (unpaired) electrons. The molecule has 1 N–H and O–H groups in total. The number of hydrogen-bond donors (Lipinski definition) is 1. The number of amides is 1. The number of nitrogens with zero attached hydrogens (tertiary/aromatic N) is 2. The van der Waals surface area contributed by atoms with Gasteiger partial charge in [0.1, 0.15) is 5.60 Å². The number of pyridine rings is 1. The first-order valence-corrected chi connectivity index (χ1v) is 10.9. The predicted molar refractivity (Wildman–Crippen MR) is 123 cm³/mol. The first-order chi connectivity index (χ1) is 14.8. The molecular formula is C26H30N2O3. The zero-order chi connectivity index (χ0) is 22.0. The van der Waals surface area contributed by atoms with E-state index in [1.165, 1.54) is 5.56 Å². The Kier molecular flexibility index (Phi) is 5.96. The van der Waals surface area contributed by atoms with Gasteiger partial charge in [-0.1, -0.05) is 42.5 Å². The Morgan fingerprint density at radius 2 is 1.87 bits per heavy atom. The van der Waals surface area contributed by atoms with E-state index in [1.807, 2.05) is 45.2 Å². The maximum atomic E-state index is 12.3. The van der Waals surface area contributed by atoms with Crippen molar-refractivity contribution in [3.63, 3.8) is 0 Å².